The van der Waals surface area contributed by atoms with Crippen LogP contribution in [0.3, 0.4) is 0 Å². The number of hydrogen-bond acceptors (Lipinski definition) is 6. The van der Waals surface area contributed by atoms with Gasteiger partial charge in [-0.2, -0.15) is 14.6 Å². The zero-order chi connectivity index (χ0) is 24.7. The second-order valence-electron chi connectivity index (χ2n) is 8.79. The molecular formula is C25H26N8O2. The lowest BCUT2D eigenvalue weighted by atomic mass is 10.0. The Kier molecular flexibility index (Phi) is 5.64. The van der Waals surface area contributed by atoms with Crippen LogP contribution in [0, 0.1) is 6.92 Å². The van der Waals surface area contributed by atoms with Crippen LogP contribution in [0.2, 0.25) is 0 Å². The van der Waals surface area contributed by atoms with E-state index in [1.165, 1.54) is 10.6 Å². The van der Waals surface area contributed by atoms with Crippen LogP contribution in [0.15, 0.2) is 47.4 Å². The molecule has 0 atom stereocenters. The quantitative estimate of drug-likeness (QED) is 0.388. The number of amides is 1. The average molecular weight is 471 g/mol. The molecule has 10 heteroatoms. The van der Waals surface area contributed by atoms with E-state index in [-0.39, 0.29) is 23.3 Å². The Morgan fingerprint density at radius 3 is 2.69 bits per heavy atom. The number of anilines is 1. The van der Waals surface area contributed by atoms with Crippen LogP contribution in [-0.2, 0) is 6.42 Å². The maximum atomic E-state index is 13.5. The number of rotatable bonds is 6. The number of nitrogens with zero attached hydrogens (tertiary/aromatic N) is 6. The van der Waals surface area contributed by atoms with Crippen molar-refractivity contribution in [3.05, 3.63) is 69.8 Å². The fourth-order valence-electron chi connectivity index (χ4n) is 4.12. The maximum Gasteiger partial charge on any atom is 0.274 e. The highest BCUT2D eigenvalue weighted by Gasteiger charge is 2.20. The molecule has 4 heterocycles. The first-order chi connectivity index (χ1) is 16.9. The fraction of sp³-hybridized carbons (Fsp3) is 0.280. The van der Waals surface area contributed by atoms with Gasteiger partial charge in [0.1, 0.15) is 0 Å². The number of nitrogens with one attached hydrogen (secondary N) is 2. The second kappa shape index (κ2) is 8.79. The first-order valence-electron chi connectivity index (χ1n) is 11.6. The number of pyridine rings is 1. The summed E-state index contributed by atoms with van der Waals surface area (Å²) in [5, 5.41) is 10.7. The Labute approximate surface area is 201 Å². The molecule has 0 aliphatic rings. The van der Waals surface area contributed by atoms with Gasteiger partial charge in [0.25, 0.3) is 17.2 Å². The highest BCUT2D eigenvalue weighted by Crippen LogP contribution is 2.28. The number of benzene rings is 1. The highest BCUT2D eigenvalue weighted by atomic mass is 16.2. The minimum atomic E-state index is -0.392. The molecule has 0 saturated heterocycles. The van der Waals surface area contributed by atoms with Crippen LogP contribution in [0.5, 0.6) is 0 Å². The molecule has 0 fully saturated rings. The van der Waals surface area contributed by atoms with Crippen molar-refractivity contribution in [3.8, 4) is 11.3 Å². The molecule has 0 bridgehead atoms. The lowest BCUT2D eigenvalue weighted by Gasteiger charge is -2.11. The molecule has 5 aromatic rings. The lowest BCUT2D eigenvalue weighted by molar-refractivity contribution is 0.102. The normalized spacial score (nSPS) is 11.6. The molecule has 178 valence electrons. The van der Waals surface area contributed by atoms with Gasteiger partial charge in [-0.1, -0.05) is 37.6 Å². The smallest absolute Gasteiger partial charge is 0.274 e. The largest absolute Gasteiger partial charge is 0.291 e. The zero-order valence-corrected chi connectivity index (χ0v) is 20.0. The minimum absolute atomic E-state index is 0.0636. The lowest BCUT2D eigenvalue weighted by Crippen LogP contribution is -2.17. The van der Waals surface area contributed by atoms with Gasteiger partial charge in [-0.3, -0.25) is 20.0 Å². The summed E-state index contributed by atoms with van der Waals surface area (Å²) in [6, 6.07) is 11.2. The highest BCUT2D eigenvalue weighted by molar-refractivity contribution is 6.12. The summed E-state index contributed by atoms with van der Waals surface area (Å²) in [7, 11) is 0. The summed E-state index contributed by atoms with van der Waals surface area (Å²) >= 11 is 0. The minimum Gasteiger partial charge on any atom is -0.291 e. The Morgan fingerprint density at radius 2 is 1.94 bits per heavy atom. The van der Waals surface area contributed by atoms with Gasteiger partial charge in [-0.05, 0) is 38.8 Å². The molecule has 0 saturated carbocycles. The molecule has 35 heavy (non-hydrogen) atoms. The van der Waals surface area contributed by atoms with Gasteiger partial charge in [-0.25, -0.2) is 14.6 Å². The van der Waals surface area contributed by atoms with Crippen LogP contribution in [-0.4, -0.2) is 40.3 Å². The Balaban J connectivity index is 1.59. The van der Waals surface area contributed by atoms with Gasteiger partial charge in [-0.15, -0.1) is 0 Å². The topological polar surface area (TPSA) is 123 Å². The molecule has 10 nitrogen and oxygen atoms in total. The van der Waals surface area contributed by atoms with E-state index < -0.39 is 5.91 Å². The first-order valence-corrected chi connectivity index (χ1v) is 11.6. The van der Waals surface area contributed by atoms with E-state index in [0.717, 1.165) is 17.5 Å². The van der Waals surface area contributed by atoms with Crippen molar-refractivity contribution in [2.45, 2.75) is 46.6 Å². The van der Waals surface area contributed by atoms with Crippen LogP contribution < -0.4 is 10.9 Å². The number of carbonyl (C=O) groups excluding carboxylic acids is 1. The number of fused-ring (bicyclic) bond motifs is 2. The predicted octanol–water partition coefficient (Wildman–Crippen LogP) is 3.92. The second-order valence-corrected chi connectivity index (χ2v) is 8.79. The standard InChI is InChI=1S/C25H26N8O2/c1-5-8-16-11-21(34)33-25(27-16)30-24(31-33)29-23(35)18-12-20(17-10-7-6-9-15(17)4)28-22-19(18)13-26-32(22)14(2)3/h6-7,9-14H,5,8H2,1-4H3,(H2,27,29,30,31,35). The van der Waals surface area contributed by atoms with Gasteiger partial charge >= 0.3 is 0 Å². The third-order valence-electron chi connectivity index (χ3n) is 5.84. The van der Waals surface area contributed by atoms with E-state index in [2.05, 4.69) is 25.5 Å². The van der Waals surface area contributed by atoms with Crippen molar-refractivity contribution in [2.75, 3.05) is 5.32 Å². The number of H-pyrrole nitrogens is 1. The molecule has 0 radical (unpaired) electrons. The van der Waals surface area contributed by atoms with Crippen LogP contribution in [0.4, 0.5) is 5.95 Å². The van der Waals surface area contributed by atoms with Gasteiger partial charge in [0.15, 0.2) is 5.65 Å². The van der Waals surface area contributed by atoms with Gasteiger partial charge in [0.05, 0.1) is 28.5 Å². The van der Waals surface area contributed by atoms with Crippen molar-refractivity contribution in [2.24, 2.45) is 0 Å². The molecule has 2 N–H and O–H groups in total. The van der Waals surface area contributed by atoms with Crippen molar-refractivity contribution in [3.63, 3.8) is 0 Å². The summed E-state index contributed by atoms with van der Waals surface area (Å²) in [6.07, 6.45) is 3.19. The first kappa shape index (κ1) is 22.5. The number of carbonyl (C=O) groups is 1. The molecule has 0 aliphatic heterocycles. The summed E-state index contributed by atoms with van der Waals surface area (Å²) in [6.45, 7) is 8.05. The van der Waals surface area contributed by atoms with Crippen LogP contribution in [0.25, 0.3) is 28.1 Å². The molecule has 0 spiro atoms. The molecule has 5 rings (SSSR count). The van der Waals surface area contributed by atoms with E-state index >= 15 is 0 Å². The van der Waals surface area contributed by atoms with E-state index in [4.69, 9.17) is 4.98 Å². The number of aryl methyl sites for hydroxylation is 2. The Morgan fingerprint density at radius 1 is 1.14 bits per heavy atom. The van der Waals surface area contributed by atoms with Crippen molar-refractivity contribution in [1.82, 2.24) is 34.3 Å². The van der Waals surface area contributed by atoms with Crippen LogP contribution in [0.1, 0.15) is 54.8 Å². The third kappa shape index (κ3) is 4.07. The molecule has 1 amide bonds. The molecular weight excluding hydrogens is 444 g/mol. The Hall–Kier alpha value is -4.34. The number of aromatic nitrogens is 7. The summed E-state index contributed by atoms with van der Waals surface area (Å²) in [4.78, 5) is 39.5. The van der Waals surface area contributed by atoms with Crippen LogP contribution >= 0.6 is 0 Å². The van der Waals surface area contributed by atoms with E-state index in [9.17, 15) is 9.59 Å². The van der Waals surface area contributed by atoms with Crippen molar-refractivity contribution in [1.29, 1.82) is 0 Å². The van der Waals surface area contributed by atoms with E-state index in [1.54, 1.807) is 16.9 Å². The summed E-state index contributed by atoms with van der Waals surface area (Å²) in [5.41, 5.74) is 4.08. The van der Waals surface area contributed by atoms with E-state index in [0.29, 0.717) is 34.4 Å². The number of aromatic amines is 1. The Bertz CT molecular complexity index is 1630. The van der Waals surface area contributed by atoms with Crippen molar-refractivity contribution < 1.29 is 4.79 Å². The van der Waals surface area contributed by atoms with E-state index in [1.807, 2.05) is 52.0 Å². The monoisotopic (exact) mass is 470 g/mol. The molecule has 0 unspecified atom stereocenters. The average Bonchev–Trinajstić information content (AvgIpc) is 3.43. The zero-order valence-electron chi connectivity index (χ0n) is 20.0. The summed E-state index contributed by atoms with van der Waals surface area (Å²) < 4.78 is 3.01. The number of hydrogen-bond donors (Lipinski definition) is 2. The van der Waals surface area contributed by atoms with Gasteiger partial charge in [0.2, 0.25) is 5.95 Å². The molecule has 0 aliphatic carbocycles. The SMILES string of the molecule is CCCc1cc(=O)n2[nH]c(NC(=O)c3cc(-c4ccccc4C)nc4c3cnn4C(C)C)nc2n1. The fourth-order valence-corrected chi connectivity index (χ4v) is 4.12. The molecule has 1 aromatic carbocycles. The molecule has 4 aromatic heterocycles. The van der Waals surface area contributed by atoms with Gasteiger partial charge < -0.3 is 0 Å². The van der Waals surface area contributed by atoms with Gasteiger partial charge in [0, 0.05) is 17.7 Å². The third-order valence-corrected chi connectivity index (χ3v) is 5.84. The summed E-state index contributed by atoms with van der Waals surface area (Å²) in [5.74, 6) is -0.0484. The predicted molar refractivity (Wildman–Crippen MR) is 134 cm³/mol. The maximum absolute atomic E-state index is 13.5. The van der Waals surface area contributed by atoms with Crippen molar-refractivity contribution >= 4 is 28.7 Å².